The fourth-order valence-electron chi connectivity index (χ4n) is 3.18. The summed E-state index contributed by atoms with van der Waals surface area (Å²) in [5, 5.41) is 5.31. The number of urea groups is 1. The van der Waals surface area contributed by atoms with E-state index in [0.29, 0.717) is 36.8 Å². The van der Waals surface area contributed by atoms with E-state index in [1.165, 1.54) is 0 Å². The van der Waals surface area contributed by atoms with E-state index in [4.69, 9.17) is 9.47 Å². The zero-order chi connectivity index (χ0) is 19.5. The lowest BCUT2D eigenvalue weighted by atomic mass is 10.1. The Kier molecular flexibility index (Phi) is 4.84. The van der Waals surface area contributed by atoms with Gasteiger partial charge in [-0.2, -0.15) is 0 Å². The summed E-state index contributed by atoms with van der Waals surface area (Å²) >= 11 is 0. The second kappa shape index (κ2) is 7.59. The molecule has 8 heteroatoms. The van der Waals surface area contributed by atoms with Gasteiger partial charge in [-0.3, -0.25) is 14.5 Å². The Balaban J connectivity index is 1.37. The Hall–Kier alpha value is -3.55. The first-order valence-electron chi connectivity index (χ1n) is 8.95. The maximum absolute atomic E-state index is 12.5. The molecule has 0 bridgehead atoms. The summed E-state index contributed by atoms with van der Waals surface area (Å²) in [6, 6.07) is 13.2. The van der Waals surface area contributed by atoms with E-state index >= 15 is 0 Å². The third-order valence-corrected chi connectivity index (χ3v) is 4.52. The fraction of sp³-hybridized carbons (Fsp3) is 0.250. The quantitative estimate of drug-likeness (QED) is 0.766. The molecule has 2 N–H and O–H groups in total. The van der Waals surface area contributed by atoms with Gasteiger partial charge in [0.05, 0.1) is 0 Å². The lowest BCUT2D eigenvalue weighted by Gasteiger charge is -2.19. The first-order chi connectivity index (χ1) is 13.6. The number of rotatable bonds is 5. The van der Waals surface area contributed by atoms with Gasteiger partial charge in [-0.05, 0) is 17.7 Å². The van der Waals surface area contributed by atoms with E-state index in [1.54, 1.807) is 18.2 Å². The van der Waals surface area contributed by atoms with Crippen molar-refractivity contribution in [3.8, 4) is 11.5 Å². The van der Waals surface area contributed by atoms with Crippen molar-refractivity contribution < 1.29 is 23.9 Å². The van der Waals surface area contributed by atoms with Crippen LogP contribution >= 0.6 is 0 Å². The average molecular weight is 381 g/mol. The summed E-state index contributed by atoms with van der Waals surface area (Å²) in [5.74, 6) is 0.274. The monoisotopic (exact) mass is 381 g/mol. The van der Waals surface area contributed by atoms with Crippen molar-refractivity contribution in [3.63, 3.8) is 0 Å². The zero-order valence-electron chi connectivity index (χ0n) is 15.0. The minimum Gasteiger partial charge on any atom is -0.486 e. The highest BCUT2D eigenvalue weighted by Crippen LogP contribution is 2.32. The molecule has 28 heavy (non-hydrogen) atoms. The van der Waals surface area contributed by atoms with Crippen molar-refractivity contribution in [3.05, 3.63) is 54.1 Å². The van der Waals surface area contributed by atoms with Gasteiger partial charge in [0.25, 0.3) is 5.91 Å². The predicted octanol–water partition coefficient (Wildman–Crippen LogP) is 1.56. The Morgan fingerprint density at radius 2 is 1.82 bits per heavy atom. The van der Waals surface area contributed by atoms with Gasteiger partial charge >= 0.3 is 6.03 Å². The van der Waals surface area contributed by atoms with Gasteiger partial charge in [0.2, 0.25) is 5.91 Å². The van der Waals surface area contributed by atoms with E-state index in [-0.39, 0.29) is 6.54 Å². The van der Waals surface area contributed by atoms with Crippen LogP contribution in [0.25, 0.3) is 0 Å². The molecule has 1 atom stereocenters. The van der Waals surface area contributed by atoms with Gasteiger partial charge in [-0.15, -0.1) is 0 Å². The summed E-state index contributed by atoms with van der Waals surface area (Å²) in [6.45, 7) is 0.565. The number of ether oxygens (including phenoxy) is 2. The summed E-state index contributed by atoms with van der Waals surface area (Å²) in [7, 11) is 0. The number of nitrogens with one attached hydrogen (secondary N) is 2. The van der Waals surface area contributed by atoms with Crippen molar-refractivity contribution in [2.24, 2.45) is 0 Å². The van der Waals surface area contributed by atoms with Crippen molar-refractivity contribution in [2.45, 2.75) is 12.5 Å². The zero-order valence-corrected chi connectivity index (χ0v) is 15.0. The second-order valence-electron chi connectivity index (χ2n) is 6.52. The highest BCUT2D eigenvalue weighted by Gasteiger charge is 2.38. The number of hydrogen-bond donors (Lipinski definition) is 2. The molecule has 2 aliphatic heterocycles. The van der Waals surface area contributed by atoms with Crippen molar-refractivity contribution in [1.82, 2.24) is 10.2 Å². The second-order valence-corrected chi connectivity index (χ2v) is 6.52. The summed E-state index contributed by atoms with van der Waals surface area (Å²) < 4.78 is 10.9. The molecule has 0 radical (unpaired) electrons. The number of carbonyl (C=O) groups excluding carboxylic acids is 3. The minimum absolute atomic E-state index is 0.357. The molecule has 0 aliphatic carbocycles. The van der Waals surface area contributed by atoms with E-state index in [9.17, 15) is 14.4 Å². The molecular formula is C20H19N3O5. The van der Waals surface area contributed by atoms with Crippen LogP contribution in [0.2, 0.25) is 0 Å². The molecule has 1 fully saturated rings. The molecule has 0 unspecified atom stereocenters. The standard InChI is InChI=1S/C20H19N3O5/c24-18(21-14-6-7-16-17(11-14)28-9-8-27-16)12-23-19(25)15(22-20(23)26)10-13-4-2-1-3-5-13/h1-7,11,15H,8-10,12H2,(H,21,24)(H,22,26)/t15-/m0/s1. The molecule has 4 rings (SSSR count). The van der Waals surface area contributed by atoms with E-state index in [2.05, 4.69) is 10.6 Å². The Bertz CT molecular complexity index is 915. The van der Waals surface area contributed by atoms with Crippen LogP contribution in [0.1, 0.15) is 5.56 Å². The number of hydrogen-bond acceptors (Lipinski definition) is 5. The molecular weight excluding hydrogens is 362 g/mol. The maximum atomic E-state index is 12.5. The predicted molar refractivity (Wildman–Crippen MR) is 100 cm³/mol. The number of amides is 4. The van der Waals surface area contributed by atoms with Gasteiger partial charge < -0.3 is 20.1 Å². The first kappa shape index (κ1) is 17.8. The Morgan fingerprint density at radius 1 is 1.07 bits per heavy atom. The first-order valence-corrected chi connectivity index (χ1v) is 8.95. The Labute approximate surface area is 161 Å². The van der Waals surface area contributed by atoms with Gasteiger partial charge in [-0.25, -0.2) is 4.79 Å². The molecule has 8 nitrogen and oxygen atoms in total. The minimum atomic E-state index is -0.669. The van der Waals surface area contributed by atoms with Crippen LogP contribution in [0.4, 0.5) is 10.5 Å². The van der Waals surface area contributed by atoms with Gasteiger partial charge in [0.1, 0.15) is 25.8 Å². The lowest BCUT2D eigenvalue weighted by Crippen LogP contribution is -2.38. The third-order valence-electron chi connectivity index (χ3n) is 4.52. The molecule has 2 aromatic rings. The van der Waals surface area contributed by atoms with Gasteiger partial charge in [0, 0.05) is 18.2 Å². The van der Waals surface area contributed by atoms with Crippen LogP contribution < -0.4 is 20.1 Å². The molecule has 4 amide bonds. The van der Waals surface area contributed by atoms with Crippen LogP contribution in [0.15, 0.2) is 48.5 Å². The number of carbonyl (C=O) groups is 3. The van der Waals surface area contributed by atoms with Crippen LogP contribution in [0.3, 0.4) is 0 Å². The van der Waals surface area contributed by atoms with Crippen LogP contribution in [0.5, 0.6) is 11.5 Å². The SMILES string of the molecule is O=C(CN1C(=O)N[C@@H](Cc2ccccc2)C1=O)Nc1ccc2c(c1)OCCO2. The lowest BCUT2D eigenvalue weighted by molar-refractivity contribution is -0.130. The summed E-state index contributed by atoms with van der Waals surface area (Å²) in [6.07, 6.45) is 0.381. The highest BCUT2D eigenvalue weighted by atomic mass is 16.6. The van der Waals surface area contributed by atoms with Crippen LogP contribution in [-0.4, -0.2) is 48.5 Å². The summed E-state index contributed by atoms with van der Waals surface area (Å²) in [5.41, 5.74) is 1.44. The van der Waals surface area contributed by atoms with E-state index in [0.717, 1.165) is 10.5 Å². The Morgan fingerprint density at radius 3 is 2.61 bits per heavy atom. The van der Waals surface area contributed by atoms with Crippen molar-refractivity contribution in [2.75, 3.05) is 25.1 Å². The van der Waals surface area contributed by atoms with Crippen LogP contribution in [-0.2, 0) is 16.0 Å². The molecule has 0 aromatic heterocycles. The van der Waals surface area contributed by atoms with Crippen LogP contribution in [0, 0.1) is 0 Å². The number of imide groups is 1. The average Bonchev–Trinajstić information content (AvgIpc) is 2.96. The largest absolute Gasteiger partial charge is 0.486 e. The highest BCUT2D eigenvalue weighted by molar-refractivity contribution is 6.08. The molecule has 1 saturated heterocycles. The van der Waals surface area contributed by atoms with Gasteiger partial charge in [0.15, 0.2) is 11.5 Å². The van der Waals surface area contributed by atoms with Crippen molar-refractivity contribution in [1.29, 1.82) is 0 Å². The number of fused-ring (bicyclic) bond motifs is 1. The number of nitrogens with zero attached hydrogens (tertiary/aromatic N) is 1. The molecule has 2 aliphatic rings. The topological polar surface area (TPSA) is 97.0 Å². The van der Waals surface area contributed by atoms with Crippen molar-refractivity contribution >= 4 is 23.5 Å². The van der Waals surface area contributed by atoms with E-state index in [1.807, 2.05) is 30.3 Å². The number of anilines is 1. The third kappa shape index (κ3) is 3.75. The maximum Gasteiger partial charge on any atom is 0.325 e. The van der Waals surface area contributed by atoms with E-state index < -0.39 is 23.9 Å². The normalized spacial score (nSPS) is 18.0. The fourth-order valence-corrected chi connectivity index (χ4v) is 3.18. The molecule has 0 saturated carbocycles. The smallest absolute Gasteiger partial charge is 0.325 e. The molecule has 2 aromatic carbocycles. The number of benzene rings is 2. The molecule has 0 spiro atoms. The summed E-state index contributed by atoms with van der Waals surface area (Å²) in [4.78, 5) is 37.9. The van der Waals surface area contributed by atoms with Gasteiger partial charge in [-0.1, -0.05) is 30.3 Å². The molecule has 2 heterocycles. The molecule has 144 valence electrons.